The summed E-state index contributed by atoms with van der Waals surface area (Å²) in [6.07, 6.45) is 0. The summed E-state index contributed by atoms with van der Waals surface area (Å²) in [4.78, 5) is 0. The van der Waals surface area contributed by atoms with E-state index in [9.17, 15) is 18.4 Å². The summed E-state index contributed by atoms with van der Waals surface area (Å²) < 4.78 is 46.6. The monoisotopic (exact) mass is 352 g/mol. The Morgan fingerprint density at radius 1 is 1.00 bits per heavy atom. The van der Waals surface area contributed by atoms with Crippen molar-refractivity contribution in [1.82, 2.24) is 0 Å². The molecule has 6 heteroatoms. The lowest BCUT2D eigenvalue weighted by Gasteiger charge is -2.27. The summed E-state index contributed by atoms with van der Waals surface area (Å²) in [6.45, 7) is 0. The molecule has 3 aromatic carbocycles. The highest BCUT2D eigenvalue weighted by Gasteiger charge is 2.32. The van der Waals surface area contributed by atoms with Gasteiger partial charge in [-0.15, -0.1) is 0 Å². The first-order valence-electron chi connectivity index (χ1n) is 7.75. The van der Waals surface area contributed by atoms with Crippen molar-refractivity contribution in [3.63, 3.8) is 0 Å². The summed E-state index contributed by atoms with van der Waals surface area (Å²) in [6, 6.07) is 14.6. The van der Waals surface area contributed by atoms with Crippen LogP contribution in [0.4, 0.5) is 13.2 Å². The molecule has 2 N–H and O–H groups in total. The third kappa shape index (κ3) is 2.29. The van der Waals surface area contributed by atoms with Gasteiger partial charge in [-0.2, -0.15) is 5.26 Å². The number of hydrogen-bond acceptors (Lipinski definition) is 3. The largest absolute Gasteiger partial charge is 0.440 e. The first-order chi connectivity index (χ1) is 12.5. The van der Waals surface area contributed by atoms with E-state index in [0.29, 0.717) is 11.3 Å². The average molecular weight is 352 g/mol. The van der Waals surface area contributed by atoms with E-state index in [2.05, 4.69) is 0 Å². The highest BCUT2D eigenvalue weighted by atomic mass is 19.2. The summed E-state index contributed by atoms with van der Waals surface area (Å²) in [7, 11) is 0. The summed E-state index contributed by atoms with van der Waals surface area (Å²) in [5.41, 5.74) is 6.53. The predicted molar refractivity (Wildman–Crippen MR) is 89.6 cm³/mol. The van der Waals surface area contributed by atoms with Crippen molar-refractivity contribution in [3.8, 4) is 11.8 Å². The molecule has 0 aromatic heterocycles. The second kappa shape index (κ2) is 5.81. The maximum absolute atomic E-state index is 13.8. The second-order valence-electron chi connectivity index (χ2n) is 5.93. The Labute approximate surface area is 146 Å². The number of allylic oxidation sites excluding steroid dienone is 1. The van der Waals surface area contributed by atoms with Gasteiger partial charge >= 0.3 is 0 Å². The number of benzene rings is 3. The van der Waals surface area contributed by atoms with E-state index in [4.69, 9.17) is 10.5 Å². The van der Waals surface area contributed by atoms with Crippen molar-refractivity contribution in [2.75, 3.05) is 0 Å². The predicted octanol–water partition coefficient (Wildman–Crippen LogP) is 4.48. The van der Waals surface area contributed by atoms with Gasteiger partial charge in [0, 0.05) is 10.9 Å². The average Bonchev–Trinajstić information content (AvgIpc) is 2.64. The normalized spacial score (nSPS) is 16.2. The summed E-state index contributed by atoms with van der Waals surface area (Å²) in [5.74, 6) is -4.82. The van der Waals surface area contributed by atoms with E-state index in [0.717, 1.165) is 22.9 Å². The van der Waals surface area contributed by atoms with Crippen LogP contribution in [0.25, 0.3) is 10.8 Å². The SMILES string of the molecule is N#CC1=C(N)Oc2c(ccc3ccccc23)C1c1cc(F)c(F)c(F)c1. The quantitative estimate of drug-likeness (QED) is 0.657. The minimum atomic E-state index is -1.56. The molecular formula is C20H11F3N2O. The van der Waals surface area contributed by atoms with Crippen molar-refractivity contribution >= 4 is 10.8 Å². The van der Waals surface area contributed by atoms with Gasteiger partial charge in [0.1, 0.15) is 17.4 Å². The van der Waals surface area contributed by atoms with Crippen molar-refractivity contribution in [3.05, 3.63) is 88.6 Å². The zero-order chi connectivity index (χ0) is 18.4. The van der Waals surface area contributed by atoms with Crippen molar-refractivity contribution < 1.29 is 17.9 Å². The molecule has 0 radical (unpaired) electrons. The molecule has 0 spiro atoms. The van der Waals surface area contributed by atoms with E-state index in [-0.39, 0.29) is 17.0 Å². The Kier molecular flexibility index (Phi) is 3.58. The molecule has 0 aliphatic carbocycles. The van der Waals surface area contributed by atoms with Crippen LogP contribution in [0, 0.1) is 28.8 Å². The van der Waals surface area contributed by atoms with Gasteiger partial charge in [-0.3, -0.25) is 0 Å². The van der Waals surface area contributed by atoms with Gasteiger partial charge in [-0.25, -0.2) is 13.2 Å². The lowest BCUT2D eigenvalue weighted by Crippen LogP contribution is -2.21. The smallest absolute Gasteiger partial charge is 0.205 e. The van der Waals surface area contributed by atoms with Crippen LogP contribution in [0.2, 0.25) is 0 Å². The standard InChI is InChI=1S/C20H11F3N2O/c21-15-7-11(8-16(22)18(15)23)17-13-6-5-10-3-1-2-4-12(10)19(13)26-20(25)14(17)9-24/h1-8,17H,25H2. The summed E-state index contributed by atoms with van der Waals surface area (Å²) in [5, 5.41) is 11.1. The third-order valence-electron chi connectivity index (χ3n) is 4.45. The second-order valence-corrected chi connectivity index (χ2v) is 5.93. The fourth-order valence-corrected chi connectivity index (χ4v) is 3.27. The number of ether oxygens (including phenoxy) is 1. The molecule has 0 amide bonds. The zero-order valence-electron chi connectivity index (χ0n) is 13.3. The number of halogens is 3. The molecule has 4 rings (SSSR count). The van der Waals surface area contributed by atoms with Crippen LogP contribution < -0.4 is 10.5 Å². The Hall–Kier alpha value is -3.46. The lowest BCUT2D eigenvalue weighted by molar-refractivity contribution is 0.397. The Balaban J connectivity index is 2.03. The minimum Gasteiger partial charge on any atom is -0.440 e. The van der Waals surface area contributed by atoms with Crippen molar-refractivity contribution in [2.24, 2.45) is 5.73 Å². The molecule has 1 aliphatic heterocycles. The van der Waals surface area contributed by atoms with Crippen LogP contribution in [-0.2, 0) is 0 Å². The van der Waals surface area contributed by atoms with E-state index in [1.165, 1.54) is 0 Å². The molecule has 1 unspecified atom stereocenters. The van der Waals surface area contributed by atoms with Crippen LogP contribution in [0.15, 0.2) is 60.0 Å². The Morgan fingerprint density at radius 2 is 1.69 bits per heavy atom. The van der Waals surface area contributed by atoms with E-state index < -0.39 is 23.4 Å². The zero-order valence-corrected chi connectivity index (χ0v) is 13.3. The van der Waals surface area contributed by atoms with Gasteiger partial charge in [0.15, 0.2) is 17.5 Å². The first-order valence-corrected chi connectivity index (χ1v) is 7.75. The highest BCUT2D eigenvalue weighted by Crippen LogP contribution is 2.45. The number of nitrogens with zero attached hydrogens (tertiary/aromatic N) is 1. The van der Waals surface area contributed by atoms with Crippen LogP contribution in [0.5, 0.6) is 5.75 Å². The number of nitrogens with two attached hydrogens (primary N) is 1. The summed E-state index contributed by atoms with van der Waals surface area (Å²) >= 11 is 0. The van der Waals surface area contributed by atoms with Crippen LogP contribution in [-0.4, -0.2) is 0 Å². The van der Waals surface area contributed by atoms with Crippen LogP contribution in [0.1, 0.15) is 17.0 Å². The van der Waals surface area contributed by atoms with Gasteiger partial charge < -0.3 is 10.5 Å². The number of fused-ring (bicyclic) bond motifs is 3. The van der Waals surface area contributed by atoms with Gasteiger partial charge in [0.25, 0.3) is 0 Å². The molecular weight excluding hydrogens is 341 g/mol. The van der Waals surface area contributed by atoms with Crippen molar-refractivity contribution in [2.45, 2.75) is 5.92 Å². The van der Waals surface area contributed by atoms with Gasteiger partial charge in [-0.05, 0) is 23.1 Å². The number of hydrogen-bond donors (Lipinski definition) is 1. The third-order valence-corrected chi connectivity index (χ3v) is 4.45. The Bertz CT molecular complexity index is 1110. The molecule has 1 atom stereocenters. The molecule has 1 aliphatic rings. The lowest BCUT2D eigenvalue weighted by atomic mass is 9.82. The molecule has 128 valence electrons. The molecule has 1 heterocycles. The topological polar surface area (TPSA) is 59.0 Å². The molecule has 3 nitrogen and oxygen atoms in total. The molecule has 0 saturated heterocycles. The molecule has 0 saturated carbocycles. The van der Waals surface area contributed by atoms with Crippen LogP contribution in [0.3, 0.4) is 0 Å². The minimum absolute atomic E-state index is 0.0122. The molecule has 26 heavy (non-hydrogen) atoms. The Morgan fingerprint density at radius 3 is 2.38 bits per heavy atom. The maximum Gasteiger partial charge on any atom is 0.205 e. The first kappa shape index (κ1) is 16.0. The van der Waals surface area contributed by atoms with E-state index in [1.807, 2.05) is 36.4 Å². The number of nitriles is 1. The van der Waals surface area contributed by atoms with Crippen LogP contribution >= 0.6 is 0 Å². The highest BCUT2D eigenvalue weighted by molar-refractivity contribution is 5.90. The molecule has 0 bridgehead atoms. The number of rotatable bonds is 1. The maximum atomic E-state index is 13.8. The van der Waals surface area contributed by atoms with Gasteiger partial charge in [0.2, 0.25) is 5.88 Å². The van der Waals surface area contributed by atoms with E-state index in [1.54, 1.807) is 6.07 Å². The van der Waals surface area contributed by atoms with Gasteiger partial charge in [0.05, 0.1) is 5.92 Å². The van der Waals surface area contributed by atoms with Gasteiger partial charge in [-0.1, -0.05) is 36.4 Å². The van der Waals surface area contributed by atoms with E-state index >= 15 is 0 Å². The fraction of sp³-hybridized carbons (Fsp3) is 0.0500. The molecule has 0 fully saturated rings. The fourth-order valence-electron chi connectivity index (χ4n) is 3.27. The molecule has 3 aromatic rings. The van der Waals surface area contributed by atoms with Crippen molar-refractivity contribution in [1.29, 1.82) is 5.26 Å².